The number of benzene rings is 2. The lowest BCUT2D eigenvalue weighted by Crippen LogP contribution is -2.37. The molecule has 30 heavy (non-hydrogen) atoms. The lowest BCUT2D eigenvalue weighted by molar-refractivity contribution is -0.384. The Morgan fingerprint density at radius 1 is 1.23 bits per heavy atom. The highest BCUT2D eigenvalue weighted by Crippen LogP contribution is 2.27. The second-order valence-corrected chi connectivity index (χ2v) is 10.1. The minimum atomic E-state index is -3.64. The molecule has 1 aliphatic rings. The van der Waals surface area contributed by atoms with Crippen LogP contribution in [0.3, 0.4) is 0 Å². The van der Waals surface area contributed by atoms with Crippen molar-refractivity contribution in [2.75, 3.05) is 25.0 Å². The average molecular weight is 496 g/mol. The molecule has 0 atom stereocenters. The van der Waals surface area contributed by atoms with Gasteiger partial charge in [0.05, 0.1) is 16.4 Å². The molecule has 1 saturated heterocycles. The van der Waals surface area contributed by atoms with Crippen LogP contribution in [0.2, 0.25) is 0 Å². The molecule has 0 spiro atoms. The molecule has 160 valence electrons. The van der Waals surface area contributed by atoms with Crippen LogP contribution in [0, 0.1) is 16.0 Å². The number of nitrogens with zero attached hydrogens (tertiary/aromatic N) is 2. The Labute approximate surface area is 183 Å². The number of anilines is 1. The number of carbonyl (C=O) groups is 1. The maximum atomic E-state index is 12.9. The van der Waals surface area contributed by atoms with Gasteiger partial charge in [-0.1, -0.05) is 19.1 Å². The number of nitrogens with one attached hydrogen (secondary N) is 1. The fourth-order valence-electron chi connectivity index (χ4n) is 3.24. The molecule has 1 heterocycles. The van der Waals surface area contributed by atoms with Gasteiger partial charge in [-0.05, 0) is 52.9 Å². The Balaban J connectivity index is 1.71. The Bertz CT molecular complexity index is 1070. The van der Waals surface area contributed by atoms with Crippen molar-refractivity contribution in [2.24, 2.45) is 5.92 Å². The first-order chi connectivity index (χ1) is 14.2. The molecular weight excluding hydrogens is 474 g/mol. The molecule has 1 aliphatic heterocycles. The molecule has 0 unspecified atom stereocenters. The maximum absolute atomic E-state index is 12.9. The number of hydrogen-bond acceptors (Lipinski definition) is 6. The number of Topliss-reactive ketones (excluding diaryl/α,β-unsaturated/α-hetero) is 1. The van der Waals surface area contributed by atoms with Gasteiger partial charge in [0.25, 0.3) is 5.69 Å². The summed E-state index contributed by atoms with van der Waals surface area (Å²) in [6, 6.07) is 10.2. The summed E-state index contributed by atoms with van der Waals surface area (Å²) in [5.74, 6) is 0.221. The molecule has 0 aliphatic carbocycles. The minimum absolute atomic E-state index is 0.0660. The van der Waals surface area contributed by atoms with E-state index in [1.165, 1.54) is 34.6 Å². The number of sulfonamides is 1. The summed E-state index contributed by atoms with van der Waals surface area (Å²) < 4.78 is 27.8. The summed E-state index contributed by atoms with van der Waals surface area (Å²) in [5, 5.41) is 13.7. The van der Waals surface area contributed by atoms with Crippen LogP contribution in [-0.2, 0) is 10.0 Å². The summed E-state index contributed by atoms with van der Waals surface area (Å²) in [6.07, 6.45) is 1.65. The van der Waals surface area contributed by atoms with Gasteiger partial charge in [0, 0.05) is 40.9 Å². The molecule has 10 heteroatoms. The molecule has 0 saturated carbocycles. The van der Waals surface area contributed by atoms with E-state index in [4.69, 9.17) is 0 Å². The standard InChI is InChI=1S/C20H22BrN3O5S/c1-14-7-9-23(10-8-14)30(28,29)17-4-2-3-15(11-17)20(25)13-22-19-6-5-16(24(26)27)12-18(19)21/h2-6,11-12,14,22H,7-10,13H2,1H3. The number of non-ortho nitro benzene ring substituents is 1. The van der Waals surface area contributed by atoms with Gasteiger partial charge in [0.2, 0.25) is 10.0 Å². The first-order valence-electron chi connectivity index (χ1n) is 9.49. The van der Waals surface area contributed by atoms with Gasteiger partial charge in [-0.3, -0.25) is 14.9 Å². The van der Waals surface area contributed by atoms with E-state index in [0.717, 1.165) is 12.8 Å². The zero-order chi connectivity index (χ0) is 21.9. The summed E-state index contributed by atoms with van der Waals surface area (Å²) >= 11 is 3.24. The second-order valence-electron chi connectivity index (χ2n) is 7.31. The van der Waals surface area contributed by atoms with Gasteiger partial charge < -0.3 is 5.32 Å². The number of nitro groups is 1. The third-order valence-electron chi connectivity index (χ3n) is 5.14. The number of carbonyl (C=O) groups excluding carboxylic acids is 1. The molecule has 0 aromatic heterocycles. The van der Waals surface area contributed by atoms with Gasteiger partial charge >= 0.3 is 0 Å². The topological polar surface area (TPSA) is 110 Å². The van der Waals surface area contributed by atoms with Crippen LogP contribution in [-0.4, -0.2) is 43.1 Å². The highest BCUT2D eigenvalue weighted by molar-refractivity contribution is 9.10. The number of ketones is 1. The molecule has 2 aromatic rings. The number of halogens is 1. The highest BCUT2D eigenvalue weighted by Gasteiger charge is 2.28. The van der Waals surface area contributed by atoms with Crippen molar-refractivity contribution < 1.29 is 18.1 Å². The van der Waals surface area contributed by atoms with E-state index >= 15 is 0 Å². The maximum Gasteiger partial charge on any atom is 0.270 e. The quantitative estimate of drug-likeness (QED) is 0.352. The number of rotatable bonds is 7. The van der Waals surface area contributed by atoms with Gasteiger partial charge in [0.1, 0.15) is 0 Å². The molecule has 1 fully saturated rings. The van der Waals surface area contributed by atoms with Crippen molar-refractivity contribution >= 4 is 43.1 Å². The van der Waals surface area contributed by atoms with E-state index in [9.17, 15) is 23.3 Å². The zero-order valence-corrected chi connectivity index (χ0v) is 18.8. The summed E-state index contributed by atoms with van der Waals surface area (Å²) in [6.45, 7) is 3.00. The first kappa shape index (κ1) is 22.4. The third kappa shape index (κ3) is 5.05. The Hall–Kier alpha value is -2.30. The van der Waals surface area contributed by atoms with Crippen molar-refractivity contribution in [3.63, 3.8) is 0 Å². The van der Waals surface area contributed by atoms with Crippen LogP contribution in [0.25, 0.3) is 0 Å². The molecule has 3 rings (SSSR count). The lowest BCUT2D eigenvalue weighted by Gasteiger charge is -2.29. The van der Waals surface area contributed by atoms with Crippen molar-refractivity contribution in [3.8, 4) is 0 Å². The van der Waals surface area contributed by atoms with Crippen molar-refractivity contribution in [1.82, 2.24) is 4.31 Å². The molecule has 0 radical (unpaired) electrons. The van der Waals surface area contributed by atoms with Gasteiger partial charge in [-0.25, -0.2) is 8.42 Å². The predicted molar refractivity (Wildman–Crippen MR) is 117 cm³/mol. The summed E-state index contributed by atoms with van der Waals surface area (Å²) in [5.41, 5.74) is 0.746. The van der Waals surface area contributed by atoms with E-state index in [2.05, 4.69) is 28.2 Å². The summed E-state index contributed by atoms with van der Waals surface area (Å²) in [7, 11) is -3.64. The van der Waals surface area contributed by atoms with Crippen molar-refractivity contribution in [1.29, 1.82) is 0 Å². The Kier molecular flexibility index (Phi) is 6.89. The number of hydrogen-bond donors (Lipinski definition) is 1. The highest BCUT2D eigenvalue weighted by atomic mass is 79.9. The van der Waals surface area contributed by atoms with Gasteiger partial charge in [-0.2, -0.15) is 4.31 Å². The SMILES string of the molecule is CC1CCN(S(=O)(=O)c2cccc(C(=O)CNc3ccc([N+](=O)[O-])cc3Br)c2)CC1. The molecule has 1 N–H and O–H groups in total. The van der Waals surface area contributed by atoms with E-state index in [1.54, 1.807) is 12.1 Å². The average Bonchev–Trinajstić information content (AvgIpc) is 2.73. The normalized spacial score (nSPS) is 15.7. The largest absolute Gasteiger partial charge is 0.377 e. The lowest BCUT2D eigenvalue weighted by atomic mass is 10.0. The van der Waals surface area contributed by atoms with Crippen LogP contribution in [0.4, 0.5) is 11.4 Å². The second kappa shape index (κ2) is 9.23. The van der Waals surface area contributed by atoms with Crippen LogP contribution >= 0.6 is 15.9 Å². The molecule has 0 amide bonds. The first-order valence-corrected chi connectivity index (χ1v) is 11.7. The van der Waals surface area contributed by atoms with Gasteiger partial charge in [0.15, 0.2) is 5.78 Å². The van der Waals surface area contributed by atoms with Gasteiger partial charge in [-0.15, -0.1) is 0 Å². The molecule has 2 aromatic carbocycles. The summed E-state index contributed by atoms with van der Waals surface area (Å²) in [4.78, 5) is 23.0. The fraction of sp³-hybridized carbons (Fsp3) is 0.350. The van der Waals surface area contributed by atoms with E-state index in [0.29, 0.717) is 29.2 Å². The van der Waals surface area contributed by atoms with E-state index in [1.807, 2.05) is 0 Å². The Morgan fingerprint density at radius 3 is 2.57 bits per heavy atom. The van der Waals surface area contributed by atoms with Crippen LogP contribution in [0.5, 0.6) is 0 Å². The Morgan fingerprint density at radius 2 is 1.93 bits per heavy atom. The van der Waals surface area contributed by atoms with Crippen molar-refractivity contribution in [3.05, 3.63) is 62.6 Å². The zero-order valence-electron chi connectivity index (χ0n) is 16.4. The van der Waals surface area contributed by atoms with Crippen LogP contribution in [0.1, 0.15) is 30.1 Å². The third-order valence-corrected chi connectivity index (χ3v) is 7.69. The van der Waals surface area contributed by atoms with E-state index < -0.39 is 14.9 Å². The fourth-order valence-corrected chi connectivity index (χ4v) is 5.27. The molecule has 0 bridgehead atoms. The molecule has 8 nitrogen and oxygen atoms in total. The van der Waals surface area contributed by atoms with Crippen LogP contribution < -0.4 is 5.32 Å². The minimum Gasteiger partial charge on any atom is -0.377 e. The van der Waals surface area contributed by atoms with Crippen LogP contribution in [0.15, 0.2) is 51.8 Å². The predicted octanol–water partition coefficient (Wildman–Crippen LogP) is 4.07. The number of nitro benzene ring substituents is 1. The molecular formula is C20H22BrN3O5S. The smallest absolute Gasteiger partial charge is 0.270 e. The number of piperidine rings is 1. The van der Waals surface area contributed by atoms with Crippen molar-refractivity contribution in [2.45, 2.75) is 24.7 Å². The monoisotopic (exact) mass is 495 g/mol. The van der Waals surface area contributed by atoms with E-state index in [-0.39, 0.29) is 28.5 Å².